The van der Waals surface area contributed by atoms with E-state index in [-0.39, 0.29) is 11.7 Å². The van der Waals surface area contributed by atoms with Gasteiger partial charge in [-0.15, -0.1) is 0 Å². The van der Waals surface area contributed by atoms with Crippen LogP contribution in [0.3, 0.4) is 0 Å². The predicted octanol–water partition coefficient (Wildman–Crippen LogP) is 4.10. The molecule has 126 valence electrons. The Morgan fingerprint density at radius 2 is 1.84 bits per heavy atom. The summed E-state index contributed by atoms with van der Waals surface area (Å²) in [5, 5.41) is 4.48. The molecule has 1 aliphatic carbocycles. The van der Waals surface area contributed by atoms with Crippen molar-refractivity contribution >= 4 is 5.78 Å². The lowest BCUT2D eigenvalue weighted by atomic mass is 9.82. The van der Waals surface area contributed by atoms with Crippen molar-refractivity contribution in [3.63, 3.8) is 0 Å². The van der Waals surface area contributed by atoms with Gasteiger partial charge in [0.1, 0.15) is 5.75 Å². The van der Waals surface area contributed by atoms with Crippen LogP contribution < -0.4 is 4.74 Å². The third-order valence-electron chi connectivity index (χ3n) is 4.90. The zero-order chi connectivity index (χ0) is 17.4. The number of carbonyl (C=O) groups excluding carboxylic acids is 1. The topological polar surface area (TPSA) is 44.1 Å². The smallest absolute Gasteiger partial charge is 0.166 e. The number of ketones is 1. The van der Waals surface area contributed by atoms with E-state index in [1.54, 1.807) is 13.3 Å². The summed E-state index contributed by atoms with van der Waals surface area (Å²) in [5.41, 5.74) is 5.00. The van der Waals surface area contributed by atoms with E-state index < -0.39 is 0 Å². The molecule has 0 N–H and O–H groups in total. The van der Waals surface area contributed by atoms with Gasteiger partial charge in [-0.25, -0.2) is 4.68 Å². The second kappa shape index (κ2) is 6.20. The highest BCUT2D eigenvalue weighted by molar-refractivity contribution is 5.98. The minimum atomic E-state index is 0.108. The fourth-order valence-corrected chi connectivity index (χ4v) is 3.57. The van der Waals surface area contributed by atoms with Crippen molar-refractivity contribution in [2.75, 3.05) is 7.11 Å². The van der Waals surface area contributed by atoms with Crippen molar-refractivity contribution in [2.45, 2.75) is 25.7 Å². The van der Waals surface area contributed by atoms with E-state index in [4.69, 9.17) is 4.74 Å². The van der Waals surface area contributed by atoms with Crippen LogP contribution in [0.15, 0.2) is 54.7 Å². The first-order valence-corrected chi connectivity index (χ1v) is 8.47. The number of benzene rings is 2. The fraction of sp³-hybridized carbons (Fsp3) is 0.238. The second-order valence-electron chi connectivity index (χ2n) is 6.52. The molecule has 0 amide bonds. The van der Waals surface area contributed by atoms with Crippen LogP contribution in [0.5, 0.6) is 5.75 Å². The first-order valence-electron chi connectivity index (χ1n) is 8.47. The van der Waals surface area contributed by atoms with Gasteiger partial charge in [-0.05, 0) is 37.1 Å². The van der Waals surface area contributed by atoms with Crippen LogP contribution in [-0.4, -0.2) is 22.7 Å². The van der Waals surface area contributed by atoms with Crippen molar-refractivity contribution in [1.29, 1.82) is 0 Å². The highest BCUT2D eigenvalue weighted by Gasteiger charge is 2.31. The van der Waals surface area contributed by atoms with E-state index in [1.807, 2.05) is 41.1 Å². The molecular weight excluding hydrogens is 312 g/mol. The van der Waals surface area contributed by atoms with E-state index in [1.165, 1.54) is 5.56 Å². The minimum absolute atomic E-state index is 0.108. The zero-order valence-corrected chi connectivity index (χ0v) is 14.4. The van der Waals surface area contributed by atoms with Gasteiger partial charge in [0.15, 0.2) is 5.78 Å². The Bertz CT molecular complexity index is 925. The van der Waals surface area contributed by atoms with E-state index in [0.29, 0.717) is 6.42 Å². The second-order valence-corrected chi connectivity index (χ2v) is 6.52. The molecule has 25 heavy (non-hydrogen) atoms. The summed E-state index contributed by atoms with van der Waals surface area (Å²) in [6.07, 6.45) is 2.97. The molecule has 4 rings (SSSR count). The molecular formula is C21H20N2O2. The number of hydrogen-bond acceptors (Lipinski definition) is 3. The maximum atomic E-state index is 12.7. The number of aromatic nitrogens is 2. The molecule has 0 spiro atoms. The number of aryl methyl sites for hydroxylation is 1. The summed E-state index contributed by atoms with van der Waals surface area (Å²) in [5.74, 6) is 1.10. The van der Waals surface area contributed by atoms with E-state index >= 15 is 0 Å². The van der Waals surface area contributed by atoms with Gasteiger partial charge in [0.05, 0.1) is 30.3 Å². The highest BCUT2D eigenvalue weighted by Crippen LogP contribution is 2.37. The molecule has 1 aliphatic rings. The molecule has 0 unspecified atom stereocenters. The lowest BCUT2D eigenvalue weighted by molar-refractivity contribution is 0.0963. The van der Waals surface area contributed by atoms with E-state index in [2.05, 4.69) is 24.2 Å². The molecule has 4 nitrogen and oxygen atoms in total. The van der Waals surface area contributed by atoms with Crippen LogP contribution in [0.4, 0.5) is 0 Å². The number of carbonyl (C=O) groups is 1. The van der Waals surface area contributed by atoms with Gasteiger partial charge in [-0.3, -0.25) is 4.79 Å². The van der Waals surface area contributed by atoms with Gasteiger partial charge < -0.3 is 4.74 Å². The molecule has 1 atom stereocenters. The number of rotatable bonds is 3. The first kappa shape index (κ1) is 15.6. The third kappa shape index (κ3) is 2.74. The summed E-state index contributed by atoms with van der Waals surface area (Å²) >= 11 is 0. The number of hydrogen-bond donors (Lipinski definition) is 0. The summed E-state index contributed by atoms with van der Waals surface area (Å²) in [4.78, 5) is 12.7. The SMILES string of the molecule is COc1ccccc1[C@H]1CC(=O)c2cnn(-c3ccc(C)cc3)c2C1. The number of nitrogens with zero attached hydrogens (tertiary/aromatic N) is 2. The Morgan fingerprint density at radius 1 is 1.08 bits per heavy atom. The summed E-state index contributed by atoms with van der Waals surface area (Å²) in [6, 6.07) is 16.2. The average Bonchev–Trinajstić information content (AvgIpc) is 3.07. The summed E-state index contributed by atoms with van der Waals surface area (Å²) < 4.78 is 7.39. The average molecular weight is 332 g/mol. The number of ether oxygens (including phenoxy) is 1. The number of methoxy groups -OCH3 is 1. The van der Waals surface area contributed by atoms with Gasteiger partial charge in [0, 0.05) is 12.3 Å². The molecule has 0 radical (unpaired) electrons. The van der Waals surface area contributed by atoms with Crippen molar-refractivity contribution in [3.8, 4) is 11.4 Å². The maximum absolute atomic E-state index is 12.7. The first-order chi connectivity index (χ1) is 12.2. The van der Waals surface area contributed by atoms with Crippen LogP contribution in [-0.2, 0) is 6.42 Å². The van der Waals surface area contributed by atoms with Crippen LogP contribution >= 0.6 is 0 Å². The predicted molar refractivity (Wildman–Crippen MR) is 96.7 cm³/mol. The Morgan fingerprint density at radius 3 is 2.60 bits per heavy atom. The van der Waals surface area contributed by atoms with Crippen LogP contribution in [0.1, 0.15) is 39.5 Å². The standard InChI is InChI=1S/C21H20N2O2/c1-14-7-9-16(10-8-14)23-19-11-15(12-20(24)18(19)13-22-23)17-5-3-4-6-21(17)25-2/h3-10,13,15H,11-12H2,1-2H3/t15-/m1/s1. The Kier molecular flexibility index (Phi) is 3.88. The molecule has 1 heterocycles. The molecule has 4 heteroatoms. The Hall–Kier alpha value is -2.88. The summed E-state index contributed by atoms with van der Waals surface area (Å²) in [6.45, 7) is 2.06. The van der Waals surface area contributed by atoms with Crippen LogP contribution in [0.25, 0.3) is 5.69 Å². The van der Waals surface area contributed by atoms with Gasteiger partial charge in [0.2, 0.25) is 0 Å². The van der Waals surface area contributed by atoms with E-state index in [0.717, 1.165) is 34.7 Å². The van der Waals surface area contributed by atoms with Crippen molar-refractivity contribution in [3.05, 3.63) is 77.1 Å². The molecule has 1 aromatic heterocycles. The van der Waals surface area contributed by atoms with Gasteiger partial charge in [-0.1, -0.05) is 35.9 Å². The van der Waals surface area contributed by atoms with Crippen LogP contribution in [0.2, 0.25) is 0 Å². The number of Topliss-reactive ketones (excluding diaryl/α,β-unsaturated/α-hetero) is 1. The monoisotopic (exact) mass is 332 g/mol. The molecule has 0 saturated heterocycles. The summed E-state index contributed by atoms with van der Waals surface area (Å²) in [7, 11) is 1.67. The quantitative estimate of drug-likeness (QED) is 0.725. The number of fused-ring (bicyclic) bond motifs is 1. The lowest BCUT2D eigenvalue weighted by Gasteiger charge is -2.24. The Balaban J connectivity index is 1.76. The molecule has 0 saturated carbocycles. The minimum Gasteiger partial charge on any atom is -0.496 e. The molecule has 0 fully saturated rings. The van der Waals surface area contributed by atoms with Crippen molar-refractivity contribution < 1.29 is 9.53 Å². The van der Waals surface area contributed by atoms with Crippen LogP contribution in [0, 0.1) is 6.92 Å². The fourth-order valence-electron chi connectivity index (χ4n) is 3.57. The molecule has 2 aromatic carbocycles. The highest BCUT2D eigenvalue weighted by atomic mass is 16.5. The van der Waals surface area contributed by atoms with Crippen molar-refractivity contribution in [2.24, 2.45) is 0 Å². The third-order valence-corrected chi connectivity index (χ3v) is 4.90. The lowest BCUT2D eigenvalue weighted by Crippen LogP contribution is -2.20. The molecule has 0 bridgehead atoms. The molecule has 0 aliphatic heterocycles. The van der Waals surface area contributed by atoms with Gasteiger partial charge in [0.25, 0.3) is 0 Å². The normalized spacial score (nSPS) is 16.6. The van der Waals surface area contributed by atoms with Gasteiger partial charge in [-0.2, -0.15) is 5.10 Å². The van der Waals surface area contributed by atoms with Crippen molar-refractivity contribution in [1.82, 2.24) is 9.78 Å². The molecule has 3 aromatic rings. The largest absolute Gasteiger partial charge is 0.496 e. The Labute approximate surface area is 147 Å². The zero-order valence-electron chi connectivity index (χ0n) is 14.4. The number of para-hydroxylation sites is 1. The van der Waals surface area contributed by atoms with E-state index in [9.17, 15) is 4.79 Å². The van der Waals surface area contributed by atoms with Gasteiger partial charge >= 0.3 is 0 Å². The maximum Gasteiger partial charge on any atom is 0.166 e.